The molecule has 0 bridgehead atoms. The Morgan fingerprint density at radius 1 is 0.881 bits per heavy atom. The summed E-state index contributed by atoms with van der Waals surface area (Å²) >= 11 is 0. The van der Waals surface area contributed by atoms with E-state index in [1.807, 2.05) is 12.1 Å². The summed E-state index contributed by atoms with van der Waals surface area (Å²) in [5.74, 6) is -0.406. The summed E-state index contributed by atoms with van der Waals surface area (Å²) in [6, 6.07) is 15.3. The van der Waals surface area contributed by atoms with E-state index in [9.17, 15) is 26.4 Å². The van der Waals surface area contributed by atoms with Crippen molar-refractivity contribution in [1.29, 1.82) is 0 Å². The van der Waals surface area contributed by atoms with Crippen molar-refractivity contribution >= 4 is 16.0 Å². The van der Waals surface area contributed by atoms with Crippen molar-refractivity contribution < 1.29 is 40.0 Å². The van der Waals surface area contributed by atoms with Gasteiger partial charge in [0, 0.05) is 25.8 Å². The highest BCUT2D eigenvalue weighted by molar-refractivity contribution is 7.87. The molecule has 0 fully saturated rings. The van der Waals surface area contributed by atoms with Gasteiger partial charge in [0.25, 0.3) is 5.91 Å². The van der Waals surface area contributed by atoms with Crippen LogP contribution in [0.3, 0.4) is 0 Å². The molecule has 7 nitrogen and oxygen atoms in total. The minimum Gasteiger partial charge on any atom is -0.493 e. The Balaban J connectivity index is 1.82. The molecule has 0 aliphatic heterocycles. The Labute approximate surface area is 245 Å². The van der Waals surface area contributed by atoms with Gasteiger partial charge >= 0.3 is 16.3 Å². The van der Waals surface area contributed by atoms with Gasteiger partial charge in [0.1, 0.15) is 4.90 Å². The number of rotatable bonds is 15. The minimum atomic E-state index is -4.73. The number of ether oxygens (including phenoxy) is 2. The summed E-state index contributed by atoms with van der Waals surface area (Å²) in [5, 5.41) is 0. The molecule has 11 heteroatoms. The fourth-order valence-electron chi connectivity index (χ4n) is 4.31. The normalized spacial score (nSPS) is 11.8. The van der Waals surface area contributed by atoms with E-state index >= 15 is 0 Å². The number of methoxy groups -OCH3 is 2. The lowest BCUT2D eigenvalue weighted by molar-refractivity contribution is -0.137. The maximum atomic E-state index is 13.4. The molecule has 0 aromatic heterocycles. The smallest absolute Gasteiger partial charge is 0.416 e. The first-order valence-electron chi connectivity index (χ1n) is 13.6. The third-order valence-corrected chi connectivity index (χ3v) is 7.85. The van der Waals surface area contributed by atoms with E-state index < -0.39 is 26.8 Å². The number of aryl methyl sites for hydroxylation is 1. The second-order valence-electron chi connectivity index (χ2n) is 9.78. The van der Waals surface area contributed by atoms with Gasteiger partial charge in [-0.25, -0.2) is 0 Å². The number of alkyl halides is 3. The molecule has 0 heterocycles. The second-order valence-corrected chi connectivity index (χ2v) is 11.3. The maximum absolute atomic E-state index is 13.4. The molecule has 0 aliphatic rings. The van der Waals surface area contributed by atoms with Crippen molar-refractivity contribution in [3.8, 4) is 11.5 Å². The Hall–Kier alpha value is -3.57. The molecule has 0 saturated carbocycles. The van der Waals surface area contributed by atoms with Crippen molar-refractivity contribution in [3.05, 3.63) is 89.0 Å². The van der Waals surface area contributed by atoms with Crippen LogP contribution in [-0.2, 0) is 34.0 Å². The van der Waals surface area contributed by atoms with Crippen LogP contribution < -0.4 is 8.92 Å². The van der Waals surface area contributed by atoms with Gasteiger partial charge in [-0.2, -0.15) is 21.6 Å². The van der Waals surface area contributed by atoms with Crippen LogP contribution >= 0.6 is 0 Å². The zero-order chi connectivity index (χ0) is 30.8. The van der Waals surface area contributed by atoms with E-state index in [4.69, 9.17) is 13.7 Å². The van der Waals surface area contributed by atoms with Gasteiger partial charge in [-0.05, 0) is 66.4 Å². The lowest BCUT2D eigenvalue weighted by atomic mass is 10.0. The van der Waals surface area contributed by atoms with Crippen molar-refractivity contribution in [3.63, 3.8) is 0 Å². The van der Waals surface area contributed by atoms with Crippen molar-refractivity contribution in [2.24, 2.45) is 0 Å². The first-order valence-corrected chi connectivity index (χ1v) is 15.0. The molecule has 3 aromatic carbocycles. The highest BCUT2D eigenvalue weighted by Crippen LogP contribution is 2.34. The van der Waals surface area contributed by atoms with Crippen LogP contribution in [0.4, 0.5) is 13.2 Å². The van der Waals surface area contributed by atoms with Crippen LogP contribution in [0.25, 0.3) is 0 Å². The third-order valence-electron chi connectivity index (χ3n) is 6.62. The first kappa shape index (κ1) is 32.9. The number of carbonyl (C=O) groups excluding carboxylic acids is 1. The molecule has 3 aromatic rings. The zero-order valence-electron chi connectivity index (χ0n) is 23.9. The average molecular weight is 608 g/mol. The van der Waals surface area contributed by atoms with E-state index in [1.54, 1.807) is 23.1 Å². The maximum Gasteiger partial charge on any atom is 0.416 e. The Morgan fingerprint density at radius 3 is 2.24 bits per heavy atom. The quantitative estimate of drug-likeness (QED) is 0.138. The van der Waals surface area contributed by atoms with E-state index in [0.717, 1.165) is 49.4 Å². The van der Waals surface area contributed by atoms with Crippen molar-refractivity contribution in [2.75, 3.05) is 27.4 Å². The van der Waals surface area contributed by atoms with Crippen LogP contribution in [-0.4, -0.2) is 46.6 Å². The molecular weight excluding hydrogens is 571 g/mol. The van der Waals surface area contributed by atoms with Crippen LogP contribution in [0, 0.1) is 0 Å². The number of benzene rings is 3. The SMILES string of the molecule is CCCCCCc1ccc(C(=O)N(CCOC)Cc2ccc(OC)c(OS(=O)(=O)c3cccc(C(F)(F)F)c3)c2)cc1. The lowest BCUT2D eigenvalue weighted by Gasteiger charge is -2.23. The van der Waals surface area contributed by atoms with Gasteiger partial charge in [-0.1, -0.05) is 50.5 Å². The number of hydrogen-bond donors (Lipinski definition) is 0. The van der Waals surface area contributed by atoms with Gasteiger partial charge in [0.15, 0.2) is 11.5 Å². The standard InChI is InChI=1S/C31H36F3NO6S/c1-4-5-6-7-9-23-12-15-25(16-13-23)30(36)35(18-19-39-2)22-24-14-17-28(40-3)29(20-24)41-42(37,38)27-11-8-10-26(21-27)31(32,33)34/h8,10-17,20-21H,4-7,9,18-19,22H2,1-3H3. The van der Waals surface area contributed by atoms with Crippen LogP contribution in [0.1, 0.15) is 59.7 Å². The number of carbonyl (C=O) groups is 1. The van der Waals surface area contributed by atoms with Gasteiger partial charge in [-0.3, -0.25) is 4.79 Å². The molecule has 0 N–H and O–H groups in total. The molecule has 228 valence electrons. The molecule has 0 atom stereocenters. The first-order chi connectivity index (χ1) is 20.0. The molecule has 0 saturated heterocycles. The van der Waals surface area contributed by atoms with Gasteiger partial charge < -0.3 is 18.6 Å². The van der Waals surface area contributed by atoms with E-state index in [1.165, 1.54) is 32.8 Å². The molecule has 0 spiro atoms. The summed E-state index contributed by atoms with van der Waals surface area (Å²) < 4.78 is 80.9. The molecule has 3 rings (SSSR count). The molecule has 1 amide bonds. The monoisotopic (exact) mass is 607 g/mol. The zero-order valence-corrected chi connectivity index (χ0v) is 24.8. The Morgan fingerprint density at radius 2 is 1.60 bits per heavy atom. The van der Waals surface area contributed by atoms with Gasteiger partial charge in [0.05, 0.1) is 19.3 Å². The van der Waals surface area contributed by atoms with E-state index in [2.05, 4.69) is 6.92 Å². The average Bonchev–Trinajstić information content (AvgIpc) is 2.97. The predicted molar refractivity (Wildman–Crippen MR) is 153 cm³/mol. The summed E-state index contributed by atoms with van der Waals surface area (Å²) in [5.41, 5.74) is 1.05. The van der Waals surface area contributed by atoms with Gasteiger partial charge in [-0.15, -0.1) is 0 Å². The Kier molecular flexibility index (Phi) is 11.8. The predicted octanol–water partition coefficient (Wildman–Crippen LogP) is 6.89. The summed E-state index contributed by atoms with van der Waals surface area (Å²) in [6.07, 6.45) is 0.831. The molecule has 0 unspecified atom stereocenters. The fourth-order valence-corrected chi connectivity index (χ4v) is 5.28. The second kappa shape index (κ2) is 15.1. The number of amides is 1. The van der Waals surface area contributed by atoms with Crippen LogP contribution in [0.2, 0.25) is 0 Å². The highest BCUT2D eigenvalue weighted by atomic mass is 32.2. The Bertz CT molecular complexity index is 1430. The van der Waals surface area contributed by atoms with Gasteiger partial charge in [0.2, 0.25) is 0 Å². The third kappa shape index (κ3) is 9.22. The number of nitrogens with zero attached hydrogens (tertiary/aromatic N) is 1. The summed E-state index contributed by atoms with van der Waals surface area (Å²) in [7, 11) is -1.81. The van der Waals surface area contributed by atoms with Crippen LogP contribution in [0.5, 0.6) is 11.5 Å². The molecule has 42 heavy (non-hydrogen) atoms. The largest absolute Gasteiger partial charge is 0.493 e. The summed E-state index contributed by atoms with van der Waals surface area (Å²) in [6.45, 7) is 2.78. The minimum absolute atomic E-state index is 0.0543. The number of hydrogen-bond acceptors (Lipinski definition) is 6. The van der Waals surface area contributed by atoms with Crippen molar-refractivity contribution in [1.82, 2.24) is 4.90 Å². The summed E-state index contributed by atoms with van der Waals surface area (Å²) in [4.78, 5) is 14.3. The number of unbranched alkanes of at least 4 members (excludes halogenated alkanes) is 3. The van der Waals surface area contributed by atoms with Crippen LogP contribution in [0.15, 0.2) is 71.6 Å². The highest BCUT2D eigenvalue weighted by Gasteiger charge is 2.32. The molecule has 0 radical (unpaired) electrons. The van der Waals surface area contributed by atoms with E-state index in [0.29, 0.717) is 17.2 Å². The molecule has 0 aliphatic carbocycles. The number of halogens is 3. The fraction of sp³-hybridized carbons (Fsp3) is 0.387. The molecular formula is C31H36F3NO6S. The topological polar surface area (TPSA) is 82.1 Å². The lowest BCUT2D eigenvalue weighted by Crippen LogP contribution is -2.33. The van der Waals surface area contributed by atoms with E-state index in [-0.39, 0.29) is 37.1 Å². The van der Waals surface area contributed by atoms with Crippen molar-refractivity contribution in [2.45, 2.75) is 56.6 Å².